The minimum atomic E-state index is -0.101. The number of benzene rings is 1. The van der Waals surface area contributed by atoms with E-state index < -0.39 is 0 Å². The normalized spacial score (nSPS) is 12.2. The van der Waals surface area contributed by atoms with Crippen LogP contribution in [0.4, 0.5) is 5.69 Å². The van der Waals surface area contributed by atoms with Crippen molar-refractivity contribution in [2.45, 2.75) is 58.3 Å². The van der Waals surface area contributed by atoms with Gasteiger partial charge in [0.05, 0.1) is 21.3 Å². The van der Waals surface area contributed by atoms with Crippen LogP contribution in [0, 0.1) is 0 Å². The zero-order valence-corrected chi connectivity index (χ0v) is 22.4. The van der Waals surface area contributed by atoms with Crippen molar-refractivity contribution < 1.29 is 19.0 Å². The van der Waals surface area contributed by atoms with Gasteiger partial charge in [0, 0.05) is 18.6 Å². The van der Waals surface area contributed by atoms with Gasteiger partial charge in [0.1, 0.15) is 22.9 Å². The summed E-state index contributed by atoms with van der Waals surface area (Å²) in [4.78, 5) is 12.4. The molecule has 1 aromatic carbocycles. The highest BCUT2D eigenvalue weighted by Gasteiger charge is 2.15. The van der Waals surface area contributed by atoms with Crippen molar-refractivity contribution in [3.63, 3.8) is 0 Å². The second-order valence-electron chi connectivity index (χ2n) is 7.91. The highest BCUT2D eigenvalue weighted by molar-refractivity contribution is 5.94. The van der Waals surface area contributed by atoms with E-state index >= 15 is 0 Å². The number of methoxy groups -OCH3 is 3. The van der Waals surface area contributed by atoms with E-state index in [0.29, 0.717) is 35.8 Å². The number of carbonyl (C=O) groups excluding carboxylic acids is 1. The van der Waals surface area contributed by atoms with Crippen molar-refractivity contribution in [3.05, 3.63) is 85.0 Å². The van der Waals surface area contributed by atoms with Crippen molar-refractivity contribution in [2.24, 2.45) is 0 Å². The van der Waals surface area contributed by atoms with Gasteiger partial charge in [-0.05, 0) is 44.9 Å². The molecule has 5 nitrogen and oxygen atoms in total. The Hall–Kier alpha value is -3.47. The van der Waals surface area contributed by atoms with Gasteiger partial charge >= 0.3 is 0 Å². The number of hydrogen-bond donors (Lipinski definition) is 1. The molecule has 0 aliphatic heterocycles. The van der Waals surface area contributed by atoms with Crippen LogP contribution in [0.15, 0.2) is 85.0 Å². The van der Waals surface area contributed by atoms with Crippen molar-refractivity contribution in [1.82, 2.24) is 0 Å². The number of ether oxygens (including phenoxy) is 3. The summed E-state index contributed by atoms with van der Waals surface area (Å²) >= 11 is 0. The minimum Gasteiger partial charge on any atom is -0.496 e. The van der Waals surface area contributed by atoms with Crippen molar-refractivity contribution in [3.8, 4) is 17.2 Å². The van der Waals surface area contributed by atoms with Gasteiger partial charge in [-0.25, -0.2) is 0 Å². The predicted molar refractivity (Wildman–Crippen MR) is 152 cm³/mol. The topological polar surface area (TPSA) is 56.8 Å². The molecular weight excluding hydrogens is 450 g/mol. The largest absolute Gasteiger partial charge is 0.496 e. The number of rotatable bonds is 18. The summed E-state index contributed by atoms with van der Waals surface area (Å²) < 4.78 is 16.0. The van der Waals surface area contributed by atoms with E-state index in [2.05, 4.69) is 79.1 Å². The molecule has 0 aliphatic rings. The fraction of sp³-hybridized carbons (Fsp3) is 0.387. The zero-order valence-electron chi connectivity index (χ0n) is 22.4. The standard InChI is InChI=1S/C31H43NO4/c1-5-6-7-8-9-10-11-12-13-14-15-16-17-18-19-20-21-22-23-24-30(33)32-31-28(35-3)25-27(34-2)26-29(31)36-4/h6-7,9-10,12-13,15-16,18-19,21-22,25-26H,5,8,11,14,17,20,23-24H2,1-4H3,(H,32,33)/b7-6+,10-9+,13-12+,16-15+,19-18+,22-21+. The van der Waals surface area contributed by atoms with Crippen molar-refractivity contribution in [2.75, 3.05) is 26.6 Å². The first-order valence-electron chi connectivity index (χ1n) is 12.7. The van der Waals surface area contributed by atoms with E-state index in [4.69, 9.17) is 14.2 Å². The molecule has 0 radical (unpaired) electrons. The van der Waals surface area contributed by atoms with Crippen LogP contribution < -0.4 is 19.5 Å². The second kappa shape index (κ2) is 20.9. The van der Waals surface area contributed by atoms with Gasteiger partial charge in [0.25, 0.3) is 0 Å². The fourth-order valence-electron chi connectivity index (χ4n) is 3.18. The quantitative estimate of drug-likeness (QED) is 0.210. The first-order valence-corrected chi connectivity index (χ1v) is 12.7. The molecule has 1 N–H and O–H groups in total. The maximum Gasteiger partial charge on any atom is 0.224 e. The highest BCUT2D eigenvalue weighted by atomic mass is 16.5. The van der Waals surface area contributed by atoms with Crippen LogP contribution in [0.25, 0.3) is 0 Å². The van der Waals surface area contributed by atoms with E-state index in [1.807, 2.05) is 6.08 Å². The molecule has 1 aromatic rings. The molecule has 0 saturated heterocycles. The van der Waals surface area contributed by atoms with Crippen LogP contribution >= 0.6 is 0 Å². The maximum absolute atomic E-state index is 12.4. The second-order valence-corrected chi connectivity index (χ2v) is 7.91. The van der Waals surface area contributed by atoms with Crippen LogP contribution in [-0.4, -0.2) is 27.2 Å². The first kappa shape index (κ1) is 30.6. The molecule has 0 aromatic heterocycles. The highest BCUT2D eigenvalue weighted by Crippen LogP contribution is 2.38. The monoisotopic (exact) mass is 493 g/mol. The Kier molecular flexibility index (Phi) is 17.7. The Morgan fingerprint density at radius 2 is 1.08 bits per heavy atom. The molecule has 0 heterocycles. The van der Waals surface area contributed by atoms with E-state index in [9.17, 15) is 4.79 Å². The van der Waals surface area contributed by atoms with Crippen molar-refractivity contribution in [1.29, 1.82) is 0 Å². The molecule has 0 spiro atoms. The van der Waals surface area contributed by atoms with Gasteiger partial charge in [-0.2, -0.15) is 0 Å². The van der Waals surface area contributed by atoms with Gasteiger partial charge in [-0.15, -0.1) is 0 Å². The van der Waals surface area contributed by atoms with Crippen LogP contribution in [0.5, 0.6) is 17.2 Å². The lowest BCUT2D eigenvalue weighted by atomic mass is 10.2. The van der Waals surface area contributed by atoms with E-state index in [1.54, 1.807) is 33.5 Å². The lowest BCUT2D eigenvalue weighted by Gasteiger charge is -2.15. The number of allylic oxidation sites excluding steroid dienone is 12. The fourth-order valence-corrected chi connectivity index (χ4v) is 3.18. The number of carbonyl (C=O) groups is 1. The van der Waals surface area contributed by atoms with Crippen LogP contribution in [-0.2, 0) is 4.79 Å². The minimum absolute atomic E-state index is 0.101. The molecule has 1 amide bonds. The van der Waals surface area contributed by atoms with Gasteiger partial charge in [0.15, 0.2) is 0 Å². The lowest BCUT2D eigenvalue weighted by molar-refractivity contribution is -0.116. The Labute approximate surface area is 217 Å². The van der Waals surface area contributed by atoms with Gasteiger partial charge in [-0.3, -0.25) is 4.79 Å². The first-order chi connectivity index (χ1) is 17.7. The molecule has 196 valence electrons. The molecule has 1 rings (SSSR count). The van der Waals surface area contributed by atoms with Gasteiger partial charge < -0.3 is 19.5 Å². The van der Waals surface area contributed by atoms with Gasteiger partial charge in [-0.1, -0.05) is 79.8 Å². The van der Waals surface area contributed by atoms with Gasteiger partial charge in [0.2, 0.25) is 5.91 Å². The van der Waals surface area contributed by atoms with E-state index in [1.165, 1.54) is 0 Å². The lowest BCUT2D eigenvalue weighted by Crippen LogP contribution is -2.12. The summed E-state index contributed by atoms with van der Waals surface area (Å²) in [6.45, 7) is 2.15. The van der Waals surface area contributed by atoms with Crippen LogP contribution in [0.1, 0.15) is 58.3 Å². The van der Waals surface area contributed by atoms with Crippen LogP contribution in [0.3, 0.4) is 0 Å². The molecule has 0 fully saturated rings. The Morgan fingerprint density at radius 1 is 0.667 bits per heavy atom. The summed E-state index contributed by atoms with van der Waals surface area (Å²) in [7, 11) is 4.65. The summed E-state index contributed by atoms with van der Waals surface area (Å²) in [6, 6.07) is 3.42. The average molecular weight is 494 g/mol. The third-order valence-corrected chi connectivity index (χ3v) is 5.11. The Balaban J connectivity index is 2.22. The SMILES string of the molecule is CC/C=C/C/C=C/C/C=C/C/C=C/C/C=C/C/C=C/CCC(=O)Nc1c(OC)cc(OC)cc1OC. The van der Waals surface area contributed by atoms with Crippen LogP contribution in [0.2, 0.25) is 0 Å². The number of nitrogens with one attached hydrogen (secondary N) is 1. The summed E-state index contributed by atoms with van der Waals surface area (Å²) in [5.41, 5.74) is 0.508. The van der Waals surface area contributed by atoms with E-state index in [-0.39, 0.29) is 5.91 Å². The number of hydrogen-bond acceptors (Lipinski definition) is 4. The van der Waals surface area contributed by atoms with Crippen molar-refractivity contribution >= 4 is 11.6 Å². The summed E-state index contributed by atoms with van der Waals surface area (Å²) in [6.07, 6.45) is 32.9. The third-order valence-electron chi connectivity index (χ3n) is 5.11. The zero-order chi connectivity index (χ0) is 26.3. The molecule has 0 aliphatic carbocycles. The molecular formula is C31H43NO4. The summed E-state index contributed by atoms with van der Waals surface area (Å²) in [5, 5.41) is 2.88. The predicted octanol–water partition coefficient (Wildman–Crippen LogP) is 8.13. The average Bonchev–Trinajstić information content (AvgIpc) is 2.89. The Bertz CT molecular complexity index is 897. The number of anilines is 1. The smallest absolute Gasteiger partial charge is 0.224 e. The third kappa shape index (κ3) is 14.1. The summed E-state index contributed by atoms with van der Waals surface area (Å²) in [5.74, 6) is 1.48. The maximum atomic E-state index is 12.4. The molecule has 0 unspecified atom stereocenters. The number of amides is 1. The molecule has 5 heteroatoms. The van der Waals surface area contributed by atoms with E-state index in [0.717, 1.165) is 38.5 Å². The Morgan fingerprint density at radius 3 is 1.47 bits per heavy atom. The molecule has 0 bridgehead atoms. The molecule has 36 heavy (non-hydrogen) atoms. The molecule has 0 saturated carbocycles. The molecule has 0 atom stereocenters.